The quantitative estimate of drug-likeness (QED) is 0.102. The summed E-state index contributed by atoms with van der Waals surface area (Å²) in [7, 11) is 0. The summed E-state index contributed by atoms with van der Waals surface area (Å²) in [5, 5.41) is 42.8. The minimum atomic E-state index is 0. The van der Waals surface area contributed by atoms with E-state index in [1.807, 2.05) is 42.0 Å². The molecule has 0 bridgehead atoms. The molecule has 126 heavy (non-hydrogen) atoms. The number of aromatic nitrogens is 13. The van der Waals surface area contributed by atoms with Crippen LogP contribution >= 0.6 is 210 Å². The number of thiazole rings is 7. The van der Waals surface area contributed by atoms with E-state index in [0.29, 0.717) is 30.0 Å². The summed E-state index contributed by atoms with van der Waals surface area (Å²) < 4.78 is 6.80. The Labute approximate surface area is 821 Å². The molecule has 7 aliphatic heterocycles. The zero-order valence-corrected chi connectivity index (χ0v) is 85.3. The molecule has 0 radical (unpaired) electrons. The van der Waals surface area contributed by atoms with Crippen molar-refractivity contribution in [2.75, 3.05) is 126 Å². The van der Waals surface area contributed by atoms with Crippen molar-refractivity contribution in [3.63, 3.8) is 0 Å². The van der Waals surface area contributed by atoms with Gasteiger partial charge in [0.1, 0.15) is 33.1 Å². The Morgan fingerprint density at radius 2 is 0.754 bits per heavy atom. The molecule has 0 amide bonds. The van der Waals surface area contributed by atoms with Gasteiger partial charge in [-0.15, -0.1) is 113 Å². The number of piperidine rings is 7. The summed E-state index contributed by atoms with van der Waals surface area (Å²) in [5.74, 6) is 2.55. The molecule has 0 spiro atoms. The van der Waals surface area contributed by atoms with Gasteiger partial charge in [-0.05, 0) is 201 Å². The molecule has 39 heteroatoms. The van der Waals surface area contributed by atoms with Crippen LogP contribution in [-0.2, 0) is 6.61 Å². The van der Waals surface area contributed by atoms with Crippen LogP contribution in [0.2, 0.25) is 30.0 Å². The molecule has 0 atom stereocenters. The first kappa shape index (κ1) is 96.7. The number of halogens is 7. The molecule has 0 aliphatic carbocycles. The minimum Gasteiger partial charge on any atom is -0.391 e. The Hall–Kier alpha value is -5.38. The molecule has 7 saturated heterocycles. The second kappa shape index (κ2) is 47.8. The predicted molar refractivity (Wildman–Crippen MR) is 551 cm³/mol. The number of thiophene rings is 4. The number of nitrogens with zero attached hydrogens (tertiary/aromatic N) is 20. The van der Waals surface area contributed by atoms with Crippen molar-refractivity contribution in [2.45, 2.75) is 177 Å². The number of imidazole rings is 3. The van der Waals surface area contributed by atoms with Crippen LogP contribution in [0.3, 0.4) is 0 Å². The summed E-state index contributed by atoms with van der Waals surface area (Å²) >= 11 is 57.8. The SMILES string of the molecule is C.Cc1sc(CO)c(-c2csc(N3CCCCC3)n2)c1C.Cc1scc(-c2csc(N3CCCCC3)n2)c1C.Clc1cn(-c2csc(N3CCCCC3)n2)cn1.Clc1ncn(-c2csc(N3CCCCC3)n2)c1Br.Clc1ncn(-c2csc(N3CCCCC3)n2)c1Cl.Clc1scc(-c2csc(N3CCCCC3)n2)c1Cl.c1cc(-c2csc(N3CCCCC3)n2)cs1. The zero-order chi connectivity index (χ0) is 86.7. The topological polar surface area (TPSA) is 187 Å². The first-order valence-corrected chi connectivity index (χ1v) is 55.3. The molecule has 0 saturated carbocycles. The number of aliphatic hydroxyl groups excluding tert-OH is 1. The highest BCUT2D eigenvalue weighted by atomic mass is 79.9. The van der Waals surface area contributed by atoms with Crippen LogP contribution in [0, 0.1) is 27.7 Å². The third-order valence-corrected chi connectivity index (χ3v) is 35.8. The van der Waals surface area contributed by atoms with Gasteiger partial charge in [0.2, 0.25) is 0 Å². The summed E-state index contributed by atoms with van der Waals surface area (Å²) in [6.45, 7) is 24.5. The molecule has 21 nitrogen and oxygen atoms in total. The molecule has 7 aliphatic rings. The number of aliphatic hydroxyl groups is 1. The van der Waals surface area contributed by atoms with Gasteiger partial charge in [-0.2, -0.15) is 11.3 Å². The second-order valence-corrected chi connectivity index (χ2v) is 44.3. The van der Waals surface area contributed by atoms with Crippen LogP contribution in [0.15, 0.2) is 95.0 Å². The highest BCUT2D eigenvalue weighted by Crippen LogP contribution is 2.43. The van der Waals surface area contributed by atoms with Crippen molar-refractivity contribution in [3.05, 3.63) is 151 Å². The predicted octanol–water partition coefficient (Wildman–Crippen LogP) is 28.4. The van der Waals surface area contributed by atoms with Crippen LogP contribution in [-0.4, -0.2) is 160 Å². The van der Waals surface area contributed by atoms with Crippen molar-refractivity contribution in [2.24, 2.45) is 0 Å². The van der Waals surface area contributed by atoms with Gasteiger partial charge in [-0.25, -0.2) is 49.8 Å². The smallest absolute Gasteiger partial charge is 0.187 e. The molecule has 1 N–H and O–H groups in total. The summed E-state index contributed by atoms with van der Waals surface area (Å²) in [6.07, 6.45) is 34.0. The third kappa shape index (κ3) is 25.1. The van der Waals surface area contributed by atoms with Gasteiger partial charge in [0.15, 0.2) is 68.8 Å². The largest absolute Gasteiger partial charge is 0.391 e. The number of hydrogen-bond acceptors (Lipinski definition) is 29. The monoisotopic (exact) mass is 2090 g/mol. The molecule has 14 aromatic heterocycles. The summed E-state index contributed by atoms with van der Waals surface area (Å²) in [6, 6.07) is 2.14. The first-order chi connectivity index (χ1) is 61.0. The van der Waals surface area contributed by atoms with Crippen LogP contribution < -0.4 is 34.3 Å². The van der Waals surface area contributed by atoms with E-state index in [9.17, 15) is 5.11 Å². The summed E-state index contributed by atoms with van der Waals surface area (Å²) in [4.78, 5) is 65.3. The van der Waals surface area contributed by atoms with Crippen molar-refractivity contribution < 1.29 is 5.11 Å². The Morgan fingerprint density at radius 1 is 0.373 bits per heavy atom. The maximum absolute atomic E-state index is 9.55. The van der Waals surface area contributed by atoms with Crippen molar-refractivity contribution in [1.82, 2.24) is 63.5 Å². The van der Waals surface area contributed by atoms with Gasteiger partial charge >= 0.3 is 0 Å². The second-order valence-electron chi connectivity index (χ2n) is 31.2. The van der Waals surface area contributed by atoms with Gasteiger partial charge in [0.05, 0.1) is 34.4 Å². The van der Waals surface area contributed by atoms with E-state index in [0.717, 1.165) is 152 Å². The standard InChI is InChI=1S/C15H20N2OS2.C14H18N2S2.C12H12Cl2N2S2.C12H14N2S2.C11H12BrClN4S.C11H12Cl2N4S.C11H13ClN4S.CH4/c1-10-11(2)20-13(8-18)14(10)12-9-19-15(16-12)17-6-4-3-5-7-17;1-10-11(2)17-8-12(10)13-9-18-14(15-13)16-6-4-3-5-7-16;13-10-8(6-17-11(10)14)9-7-18-12(15-9)16-4-2-1-3-5-16;1-2-5-14(6-3-1)12-13-11(9-16-12)10-4-7-15-8-10;12-9-10(13)14-7-17(9)8-6-18-11(15-8)16-4-2-1-3-5-16;12-9-10(13)17(7-14-9)8-6-18-11(15-8)16-4-2-1-3-5-16;12-9-6-16(8-13-9)10-7-17-11(14-10)15-4-2-1-3-5-15;/h9,18H,3-8H2,1-2H3;8-9H,3-7H2,1-2H3;6-7H,1-5H2;4,7-9H,1-3,5-6H2;2*6-7H,1-5H2;6-8H,1-5H2;1H4. The fourth-order valence-corrected chi connectivity index (χ4v) is 26.4. The number of aryl methyl sites for hydroxylation is 2. The normalized spacial score (nSPS) is 16.1. The van der Waals surface area contributed by atoms with E-state index in [1.165, 1.54) is 215 Å². The molecular formula is C87H105BrCl6N20OS11. The van der Waals surface area contributed by atoms with E-state index in [1.54, 1.807) is 132 Å². The highest BCUT2D eigenvalue weighted by molar-refractivity contribution is 9.10. The summed E-state index contributed by atoms with van der Waals surface area (Å²) in [5.41, 5.74) is 11.6. The Bertz CT molecular complexity index is 5240. The van der Waals surface area contributed by atoms with E-state index in [4.69, 9.17) is 84.6 Å². The van der Waals surface area contributed by atoms with Crippen molar-refractivity contribution in [3.8, 4) is 62.5 Å². The molecule has 0 unspecified atom stereocenters. The van der Waals surface area contributed by atoms with Crippen LogP contribution in [0.25, 0.3) is 62.5 Å². The van der Waals surface area contributed by atoms with Crippen LogP contribution in [0.1, 0.15) is 168 Å². The molecule has 0 aromatic carbocycles. The third-order valence-electron chi connectivity index (χ3n) is 22.6. The Kier molecular flexibility index (Phi) is 36.7. The average Bonchev–Trinajstić information content (AvgIpc) is 1.64. The van der Waals surface area contributed by atoms with Gasteiger partial charge in [-0.3, -0.25) is 13.7 Å². The number of rotatable bonds is 15. The van der Waals surface area contributed by atoms with Crippen LogP contribution in [0.5, 0.6) is 0 Å². The molecule has 14 aromatic rings. The fourth-order valence-electron chi connectivity index (χ4n) is 15.5. The van der Waals surface area contributed by atoms with Gasteiger partial charge in [0.25, 0.3) is 0 Å². The van der Waals surface area contributed by atoms with Crippen molar-refractivity contribution >= 4 is 246 Å². The molecule has 21 rings (SSSR count). The lowest BCUT2D eigenvalue weighted by Crippen LogP contribution is -2.29. The van der Waals surface area contributed by atoms with Crippen LogP contribution in [0.4, 0.5) is 35.9 Å². The number of hydrogen-bond donors (Lipinski definition) is 1. The fraction of sp³-hybridized carbons (Fsp3) is 0.471. The lowest BCUT2D eigenvalue weighted by molar-refractivity contribution is 0.286. The molecule has 7 fully saturated rings. The first-order valence-electron chi connectivity index (χ1n) is 42.6. The minimum absolute atomic E-state index is 0. The molecular weight excluding hydrogens is 1990 g/mol. The Balaban J connectivity index is 0.000000119. The van der Waals surface area contributed by atoms with Gasteiger partial charge in [-0.1, -0.05) is 77.0 Å². The Morgan fingerprint density at radius 3 is 1.13 bits per heavy atom. The maximum Gasteiger partial charge on any atom is 0.187 e. The number of anilines is 7. The van der Waals surface area contributed by atoms with E-state index in [-0.39, 0.29) is 14.0 Å². The lowest BCUT2D eigenvalue weighted by atomic mass is 10.1. The highest BCUT2D eigenvalue weighted by Gasteiger charge is 2.26. The van der Waals surface area contributed by atoms with E-state index in [2.05, 4.69) is 157 Å². The molecule has 674 valence electrons. The molecule has 21 heterocycles. The van der Waals surface area contributed by atoms with Gasteiger partial charge < -0.3 is 39.4 Å². The van der Waals surface area contributed by atoms with Crippen molar-refractivity contribution in [1.29, 1.82) is 0 Å². The zero-order valence-electron chi connectivity index (χ0n) is 70.2. The van der Waals surface area contributed by atoms with E-state index < -0.39 is 0 Å². The lowest BCUT2D eigenvalue weighted by Gasteiger charge is -2.25. The van der Waals surface area contributed by atoms with E-state index >= 15 is 0 Å². The van der Waals surface area contributed by atoms with Gasteiger partial charge in [0, 0.05) is 189 Å². The maximum atomic E-state index is 9.55. The average molecular weight is 2090 g/mol.